The molecule has 0 aliphatic carbocycles. The number of para-hydroxylation sites is 1. The van der Waals surface area contributed by atoms with Crippen LogP contribution in [0, 0.1) is 0 Å². The Balaban J connectivity index is 2.03. The molecule has 0 spiro atoms. The number of hydrogen-bond donors (Lipinski definition) is 1. The molecule has 0 saturated heterocycles. The van der Waals surface area contributed by atoms with Crippen LogP contribution in [-0.4, -0.2) is 6.61 Å². The second kappa shape index (κ2) is 4.20. The zero-order valence-electron chi connectivity index (χ0n) is 9.15. The largest absolute Gasteiger partial charge is 0.496 e. The Morgan fingerprint density at radius 2 is 2.24 bits per heavy atom. The van der Waals surface area contributed by atoms with Crippen molar-refractivity contribution in [3.63, 3.8) is 0 Å². The third-order valence-corrected chi connectivity index (χ3v) is 3.48. The minimum Gasteiger partial charge on any atom is -0.496 e. The van der Waals surface area contributed by atoms with Gasteiger partial charge in [-0.3, -0.25) is 0 Å². The summed E-state index contributed by atoms with van der Waals surface area (Å²) in [7, 11) is 0. The molecule has 2 N–H and O–H groups in total. The number of ether oxygens (including phenoxy) is 1. The van der Waals surface area contributed by atoms with Crippen molar-refractivity contribution in [3.05, 3.63) is 46.3 Å². The number of halogens is 1. The van der Waals surface area contributed by atoms with Crippen LogP contribution in [-0.2, 0) is 4.74 Å². The molecule has 0 amide bonds. The third-order valence-electron chi connectivity index (χ3n) is 2.86. The first-order valence-electron chi connectivity index (χ1n) is 5.52. The van der Waals surface area contributed by atoms with Gasteiger partial charge in [-0.1, -0.05) is 12.1 Å². The Kier molecular flexibility index (Phi) is 2.68. The number of hydrogen-bond acceptors (Lipinski definition) is 3. The van der Waals surface area contributed by atoms with Crippen LogP contribution in [0.4, 0.5) is 0 Å². The molecule has 3 rings (SSSR count). The summed E-state index contributed by atoms with van der Waals surface area (Å²) in [5.41, 5.74) is 6.94. The van der Waals surface area contributed by atoms with Gasteiger partial charge in [0.2, 0.25) is 0 Å². The van der Waals surface area contributed by atoms with Gasteiger partial charge in [-0.05, 0) is 34.1 Å². The Hall–Kier alpha value is -1.26. The maximum Gasteiger partial charge on any atom is 0.148 e. The molecule has 1 aromatic heterocycles. The van der Waals surface area contributed by atoms with Gasteiger partial charge in [0.05, 0.1) is 11.1 Å². The molecule has 0 radical (unpaired) electrons. The molecule has 2 heterocycles. The lowest BCUT2D eigenvalue weighted by Crippen LogP contribution is -2.12. The minimum absolute atomic E-state index is 0.309. The maximum absolute atomic E-state index is 6.11. The fraction of sp³-hybridized carbons (Fsp3) is 0.231. The Morgan fingerprint density at radius 3 is 2.94 bits per heavy atom. The smallest absolute Gasteiger partial charge is 0.148 e. The fourth-order valence-corrected chi connectivity index (χ4v) is 2.46. The first kappa shape index (κ1) is 10.9. The molecule has 3 nitrogen and oxygen atoms in total. The third kappa shape index (κ3) is 1.87. The van der Waals surface area contributed by atoms with E-state index in [-0.39, 0.29) is 6.04 Å². The highest BCUT2D eigenvalue weighted by Gasteiger charge is 2.20. The lowest BCUT2D eigenvalue weighted by Gasteiger charge is -2.09. The van der Waals surface area contributed by atoms with Gasteiger partial charge in [0.1, 0.15) is 23.1 Å². The van der Waals surface area contributed by atoms with Crippen LogP contribution in [0.1, 0.15) is 18.2 Å². The van der Waals surface area contributed by atoms with Crippen molar-refractivity contribution in [2.75, 3.05) is 6.61 Å². The van der Waals surface area contributed by atoms with Crippen molar-refractivity contribution in [3.8, 4) is 0 Å². The van der Waals surface area contributed by atoms with E-state index in [1.54, 1.807) is 0 Å². The van der Waals surface area contributed by atoms with Crippen LogP contribution in [0.3, 0.4) is 0 Å². The van der Waals surface area contributed by atoms with Crippen LogP contribution in [0.2, 0.25) is 0 Å². The molecule has 17 heavy (non-hydrogen) atoms. The second-order valence-corrected chi connectivity index (χ2v) is 4.88. The normalized spacial score (nSPS) is 16.9. The van der Waals surface area contributed by atoms with E-state index in [1.165, 1.54) is 0 Å². The molecule has 88 valence electrons. The van der Waals surface area contributed by atoms with Gasteiger partial charge in [-0.2, -0.15) is 0 Å². The summed E-state index contributed by atoms with van der Waals surface area (Å²) in [6, 6.07) is 7.59. The maximum atomic E-state index is 6.11. The molecular formula is C13H12BrNO2. The quantitative estimate of drug-likeness (QED) is 0.922. The lowest BCUT2D eigenvalue weighted by atomic mass is 10.1. The molecule has 4 heteroatoms. The molecule has 0 bridgehead atoms. The summed E-state index contributed by atoms with van der Waals surface area (Å²) in [6.07, 6.45) is 2.94. The van der Waals surface area contributed by atoms with Crippen LogP contribution in [0.5, 0.6) is 0 Å². The van der Waals surface area contributed by atoms with Gasteiger partial charge in [0.15, 0.2) is 0 Å². The van der Waals surface area contributed by atoms with E-state index in [0.29, 0.717) is 6.61 Å². The minimum atomic E-state index is -0.309. The summed E-state index contributed by atoms with van der Waals surface area (Å²) in [6.45, 7) is 0.715. The summed E-state index contributed by atoms with van der Waals surface area (Å²) < 4.78 is 12.2. The zero-order chi connectivity index (χ0) is 11.8. The summed E-state index contributed by atoms with van der Waals surface area (Å²) >= 11 is 3.46. The number of fused-ring (bicyclic) bond motifs is 1. The first-order valence-corrected chi connectivity index (χ1v) is 6.31. The van der Waals surface area contributed by atoms with Crippen molar-refractivity contribution in [2.24, 2.45) is 5.73 Å². The predicted molar refractivity (Wildman–Crippen MR) is 69.5 cm³/mol. The molecule has 1 aliphatic rings. The van der Waals surface area contributed by atoms with Crippen LogP contribution < -0.4 is 5.73 Å². The molecule has 2 aromatic rings. The van der Waals surface area contributed by atoms with E-state index in [2.05, 4.69) is 15.9 Å². The standard InChI is InChI=1S/C13H12BrNO2/c14-9-4-1-3-8-7-11(17-13(8)9)12(15)10-5-2-6-16-10/h1,3-5,7,12H,2,6,15H2. The van der Waals surface area contributed by atoms with E-state index in [4.69, 9.17) is 14.9 Å². The number of furan rings is 1. The monoisotopic (exact) mass is 293 g/mol. The van der Waals surface area contributed by atoms with Crippen LogP contribution >= 0.6 is 15.9 Å². The molecule has 1 aliphatic heterocycles. The molecule has 1 aromatic carbocycles. The number of benzene rings is 1. The van der Waals surface area contributed by atoms with E-state index < -0.39 is 0 Å². The lowest BCUT2D eigenvalue weighted by molar-refractivity contribution is 0.219. The Morgan fingerprint density at radius 1 is 1.35 bits per heavy atom. The van der Waals surface area contributed by atoms with Crippen molar-refractivity contribution in [1.29, 1.82) is 0 Å². The topological polar surface area (TPSA) is 48.4 Å². The zero-order valence-corrected chi connectivity index (χ0v) is 10.7. The second-order valence-electron chi connectivity index (χ2n) is 4.03. The highest BCUT2D eigenvalue weighted by molar-refractivity contribution is 9.10. The highest BCUT2D eigenvalue weighted by atomic mass is 79.9. The van der Waals surface area contributed by atoms with Crippen molar-refractivity contribution in [2.45, 2.75) is 12.5 Å². The number of nitrogens with two attached hydrogens (primary N) is 1. The van der Waals surface area contributed by atoms with Gasteiger partial charge in [-0.25, -0.2) is 0 Å². The number of rotatable bonds is 2. The molecule has 0 saturated carbocycles. The van der Waals surface area contributed by atoms with Gasteiger partial charge in [0, 0.05) is 11.8 Å². The van der Waals surface area contributed by atoms with Crippen LogP contribution in [0.15, 0.2) is 45.0 Å². The van der Waals surface area contributed by atoms with E-state index in [0.717, 1.165) is 33.4 Å². The average molecular weight is 294 g/mol. The van der Waals surface area contributed by atoms with Crippen LogP contribution in [0.25, 0.3) is 11.0 Å². The summed E-state index contributed by atoms with van der Waals surface area (Å²) in [5, 5.41) is 1.04. The average Bonchev–Trinajstić information content (AvgIpc) is 2.98. The van der Waals surface area contributed by atoms with E-state index >= 15 is 0 Å². The van der Waals surface area contributed by atoms with E-state index in [1.807, 2.05) is 30.3 Å². The van der Waals surface area contributed by atoms with Gasteiger partial charge >= 0.3 is 0 Å². The predicted octanol–water partition coefficient (Wildman–Crippen LogP) is 3.50. The SMILES string of the molecule is NC(C1=CCCO1)c1cc2cccc(Br)c2o1. The highest BCUT2D eigenvalue weighted by Crippen LogP contribution is 2.32. The molecule has 1 atom stereocenters. The molecule has 0 fully saturated rings. The van der Waals surface area contributed by atoms with Crippen molar-refractivity contribution in [1.82, 2.24) is 0 Å². The Bertz CT molecular complexity index is 588. The van der Waals surface area contributed by atoms with Crippen molar-refractivity contribution < 1.29 is 9.15 Å². The fourth-order valence-electron chi connectivity index (χ4n) is 1.99. The van der Waals surface area contributed by atoms with Gasteiger partial charge in [-0.15, -0.1) is 0 Å². The van der Waals surface area contributed by atoms with E-state index in [9.17, 15) is 0 Å². The Labute approximate surface area is 107 Å². The van der Waals surface area contributed by atoms with Crippen molar-refractivity contribution >= 4 is 26.9 Å². The van der Waals surface area contributed by atoms with Gasteiger partial charge in [0.25, 0.3) is 0 Å². The van der Waals surface area contributed by atoms with Gasteiger partial charge < -0.3 is 14.9 Å². The summed E-state index contributed by atoms with van der Waals surface area (Å²) in [4.78, 5) is 0. The molecule has 1 unspecified atom stereocenters. The summed E-state index contributed by atoms with van der Waals surface area (Å²) in [5.74, 6) is 1.54. The first-order chi connectivity index (χ1) is 8.25. The molecular weight excluding hydrogens is 282 g/mol.